The standard InChI is InChI=1S/In.H2O.3O.Re.3H/h;1H2;;;;;;;/q;;;;;+1;;;/p-1. The van der Waals surface area contributed by atoms with E-state index in [1.54, 1.807) is 0 Å². The van der Waals surface area contributed by atoms with E-state index in [0.717, 1.165) is 0 Å². The fourth-order valence-electron chi connectivity index (χ4n) is 0. The molecule has 0 bridgehead atoms. The van der Waals surface area contributed by atoms with E-state index in [-0.39, 0.29) is 25.8 Å². The summed E-state index contributed by atoms with van der Waals surface area (Å²) in [4.78, 5) is 0. The molecule has 0 radical (unpaired) electrons. The summed E-state index contributed by atoms with van der Waals surface area (Å²) in [5, 5.41) is 0. The Morgan fingerprint density at radius 2 is 1.17 bits per heavy atom. The van der Waals surface area contributed by atoms with Gasteiger partial charge in [-0.1, -0.05) is 0 Å². The van der Waals surface area contributed by atoms with Gasteiger partial charge in [0.2, 0.25) is 0 Å². The van der Waals surface area contributed by atoms with Gasteiger partial charge in [-0.15, -0.1) is 0 Å². The van der Waals surface area contributed by atoms with Crippen molar-refractivity contribution in [1.82, 2.24) is 0 Å². The Hall–Kier alpha value is 0.892. The second-order valence-corrected chi connectivity index (χ2v) is 3.24. The molecule has 0 saturated heterocycles. The summed E-state index contributed by atoms with van der Waals surface area (Å²) in [6.07, 6.45) is 0. The molecule has 0 unspecified atom stereocenters. The molecule has 6 heteroatoms. The van der Waals surface area contributed by atoms with E-state index in [0.29, 0.717) is 0 Å². The van der Waals surface area contributed by atoms with Crippen molar-refractivity contribution in [3.8, 4) is 0 Å². The van der Waals surface area contributed by atoms with Crippen molar-refractivity contribution in [2.24, 2.45) is 0 Å². The van der Waals surface area contributed by atoms with Crippen molar-refractivity contribution < 1.29 is 30.0 Å². The van der Waals surface area contributed by atoms with Crippen LogP contribution in [0, 0.1) is 0 Å². The van der Waals surface area contributed by atoms with Gasteiger partial charge >= 0.3 is 55.9 Å². The molecular weight excluding hydrogens is 365 g/mol. The molecule has 4 nitrogen and oxygen atoms in total. The van der Waals surface area contributed by atoms with Crippen molar-refractivity contribution in [2.45, 2.75) is 0 Å². The van der Waals surface area contributed by atoms with Crippen LogP contribution in [0.2, 0.25) is 0 Å². The molecule has 0 aromatic carbocycles. The summed E-state index contributed by atoms with van der Waals surface area (Å²) in [6, 6.07) is 0. The molecule has 0 spiro atoms. The van der Waals surface area contributed by atoms with E-state index >= 15 is 0 Å². The second kappa shape index (κ2) is 2.97. The van der Waals surface area contributed by atoms with Crippen LogP contribution in [0.1, 0.15) is 0 Å². The average Bonchev–Trinajstić information content (AvgIpc) is 0.722. The van der Waals surface area contributed by atoms with Crippen molar-refractivity contribution in [1.29, 1.82) is 0 Å². The van der Waals surface area contributed by atoms with Gasteiger partial charge in [0.05, 0.1) is 0 Å². The SMILES string of the molecule is [InH3].[O]=[Re](=[O])(=[O])[OH]. The normalized spacial score (nSPS) is 9.50. The van der Waals surface area contributed by atoms with Crippen LogP contribution < -0.4 is 0 Å². The third-order valence-corrected chi connectivity index (χ3v) is 0. The molecule has 0 amide bonds. The molecule has 0 heterocycles. The fraction of sp³-hybridized carbons (Fsp3) is 0. The fourth-order valence-corrected chi connectivity index (χ4v) is 0. The molecule has 38 valence electrons. The Balaban J connectivity index is 0. The van der Waals surface area contributed by atoms with Gasteiger partial charge in [0, 0.05) is 0 Å². The molecule has 6 heavy (non-hydrogen) atoms. The van der Waals surface area contributed by atoms with Gasteiger partial charge in [0.15, 0.2) is 0 Å². The van der Waals surface area contributed by atoms with Gasteiger partial charge in [-0.3, -0.25) is 0 Å². The average molecular weight is 369 g/mol. The van der Waals surface area contributed by atoms with Crippen molar-refractivity contribution in [3.05, 3.63) is 0 Å². The molecule has 0 aromatic heterocycles. The van der Waals surface area contributed by atoms with Gasteiger partial charge < -0.3 is 0 Å². The maximum atomic E-state index is 8.75. The first-order chi connectivity index (χ1) is 2.00. The Morgan fingerprint density at radius 3 is 1.17 bits per heavy atom. The zero-order chi connectivity index (χ0) is 4.50. The van der Waals surface area contributed by atoms with Crippen LogP contribution in [-0.2, 0) is 26.2 Å². The summed E-state index contributed by atoms with van der Waals surface area (Å²) < 4.78 is 33.3. The topological polar surface area (TPSA) is 71.4 Å². The third-order valence-electron chi connectivity index (χ3n) is 0. The van der Waals surface area contributed by atoms with Gasteiger partial charge in [-0.25, -0.2) is 0 Å². The molecule has 0 aromatic rings. The molecule has 0 aliphatic carbocycles. The van der Waals surface area contributed by atoms with Crippen LogP contribution in [0.3, 0.4) is 0 Å². The van der Waals surface area contributed by atoms with E-state index in [1.165, 1.54) is 0 Å². The quantitative estimate of drug-likeness (QED) is 0.531. The van der Waals surface area contributed by atoms with Gasteiger partial charge in [-0.05, 0) is 0 Å². The van der Waals surface area contributed by atoms with Crippen LogP contribution in [0.25, 0.3) is 0 Å². The Morgan fingerprint density at radius 1 is 1.17 bits per heavy atom. The van der Waals surface area contributed by atoms with Crippen LogP contribution in [0.4, 0.5) is 0 Å². The van der Waals surface area contributed by atoms with Crippen molar-refractivity contribution in [2.75, 3.05) is 0 Å². The molecule has 0 aliphatic rings. The van der Waals surface area contributed by atoms with E-state index in [9.17, 15) is 0 Å². The minimum atomic E-state index is -5.86. The Kier molecular flexibility index (Phi) is 4.95. The molecular formula is H4InO4Re. The third kappa shape index (κ3) is 93.1. The van der Waals surface area contributed by atoms with E-state index in [4.69, 9.17) is 14.2 Å². The van der Waals surface area contributed by atoms with Crippen LogP contribution in [0.5, 0.6) is 0 Å². The molecule has 0 atom stereocenters. The van der Waals surface area contributed by atoms with Gasteiger partial charge in [-0.2, -0.15) is 0 Å². The molecule has 0 saturated carbocycles. The minimum absolute atomic E-state index is 0. The van der Waals surface area contributed by atoms with Gasteiger partial charge in [0.1, 0.15) is 0 Å². The monoisotopic (exact) mass is 370 g/mol. The molecule has 0 aliphatic heterocycles. The zero-order valence-corrected chi connectivity index (χ0v) is 4.77. The zero-order valence-electron chi connectivity index (χ0n) is 2.05. The molecule has 0 rings (SSSR count). The van der Waals surface area contributed by atoms with E-state index in [2.05, 4.69) is 0 Å². The van der Waals surface area contributed by atoms with E-state index in [1.807, 2.05) is 0 Å². The predicted molar refractivity (Wildman–Crippen MR) is 14.2 cm³/mol. The number of hydrogen-bond acceptors (Lipinski definition) is 3. The summed E-state index contributed by atoms with van der Waals surface area (Å²) in [5.74, 6) is 0. The van der Waals surface area contributed by atoms with Crippen LogP contribution in [0.15, 0.2) is 0 Å². The first-order valence-corrected chi connectivity index (χ1v) is 5.17. The molecule has 0 fully saturated rings. The number of hydrogen-bond donors (Lipinski definition) is 1. The summed E-state index contributed by atoms with van der Waals surface area (Å²) in [5.41, 5.74) is 0. The first-order valence-electron chi connectivity index (χ1n) is 0.632. The summed E-state index contributed by atoms with van der Waals surface area (Å²) in [7, 11) is 0. The molecule has 1 N–H and O–H groups in total. The van der Waals surface area contributed by atoms with Gasteiger partial charge in [0.25, 0.3) is 0 Å². The number of rotatable bonds is 0. The van der Waals surface area contributed by atoms with E-state index < -0.39 is 15.8 Å². The van der Waals surface area contributed by atoms with Crippen molar-refractivity contribution in [3.63, 3.8) is 0 Å². The van der Waals surface area contributed by atoms with Crippen molar-refractivity contribution >= 4 is 25.8 Å². The Bertz CT molecular complexity index is 129. The predicted octanol–water partition coefficient (Wildman–Crippen LogP) is -2.10. The summed E-state index contributed by atoms with van der Waals surface area (Å²) >= 11 is -5.86. The maximum absolute atomic E-state index is 8.75. The van der Waals surface area contributed by atoms with Crippen LogP contribution >= 0.6 is 0 Å². The Labute approximate surface area is 55.7 Å². The second-order valence-electron chi connectivity index (χ2n) is 0.396. The van der Waals surface area contributed by atoms with Crippen LogP contribution in [-0.4, -0.2) is 29.7 Å². The first kappa shape index (κ1) is 10.00. The summed E-state index contributed by atoms with van der Waals surface area (Å²) in [6.45, 7) is 0.